The Morgan fingerprint density at radius 3 is 1.89 bits per heavy atom. The van der Waals surface area contributed by atoms with Crippen LogP contribution in [0.15, 0.2) is 158 Å². The van der Waals surface area contributed by atoms with E-state index in [9.17, 15) is 0 Å². The molecule has 0 N–H and O–H groups in total. The van der Waals surface area contributed by atoms with Gasteiger partial charge in [0.05, 0.1) is 16.7 Å². The van der Waals surface area contributed by atoms with Gasteiger partial charge in [0.25, 0.3) is 0 Å². The number of aromatic nitrogens is 4. The second-order valence-corrected chi connectivity index (χ2v) is 17.4. The lowest BCUT2D eigenvalue weighted by Gasteiger charge is -2.15. The van der Waals surface area contributed by atoms with E-state index in [1.165, 1.54) is 83.0 Å². The van der Waals surface area contributed by atoms with Crippen LogP contribution in [-0.2, 0) is 0 Å². The van der Waals surface area contributed by atoms with Gasteiger partial charge in [-0.25, -0.2) is 9.97 Å². The summed E-state index contributed by atoms with van der Waals surface area (Å²) in [6.45, 7) is 0. The molecule has 0 atom stereocenters. The standard InChI is InChI=1S/C49H26N4S3/c1-2-15-31-30(14-1)41-33-17-5-9-21-39(33)55-47(41)43-32-16-3-7-19-37(32)53(45(31)43)28-24-35-29-13-4-8-20-38(29)54-46(35)36(25-28)44-42-34-18-6-10-22-40(34)56-49(42)52-48(51-44)27-12-11-23-50-26-27/h1-26H. The van der Waals surface area contributed by atoms with Crippen LogP contribution in [0.3, 0.4) is 0 Å². The smallest absolute Gasteiger partial charge is 0.162 e. The monoisotopic (exact) mass is 766 g/mol. The quantitative estimate of drug-likeness (QED) is 0.180. The van der Waals surface area contributed by atoms with Crippen molar-refractivity contribution in [1.82, 2.24) is 19.5 Å². The third kappa shape index (κ3) is 4.19. The normalized spacial score (nSPS) is 12.3. The highest BCUT2D eigenvalue weighted by atomic mass is 32.1. The number of pyridine rings is 1. The minimum Gasteiger partial charge on any atom is -0.309 e. The second kappa shape index (κ2) is 11.5. The van der Waals surface area contributed by atoms with E-state index < -0.39 is 0 Å². The van der Waals surface area contributed by atoms with Gasteiger partial charge < -0.3 is 4.57 Å². The van der Waals surface area contributed by atoms with Crippen LogP contribution in [0.2, 0.25) is 0 Å². The van der Waals surface area contributed by atoms with E-state index >= 15 is 0 Å². The highest BCUT2D eigenvalue weighted by Crippen LogP contribution is 2.50. The van der Waals surface area contributed by atoms with E-state index in [4.69, 9.17) is 9.97 Å². The Kier molecular flexibility index (Phi) is 6.32. The Hall–Kier alpha value is -6.51. The minimum atomic E-state index is 0.682. The molecule has 0 fully saturated rings. The summed E-state index contributed by atoms with van der Waals surface area (Å²) in [5, 5.41) is 12.5. The van der Waals surface area contributed by atoms with Crippen LogP contribution in [0.25, 0.3) is 122 Å². The van der Waals surface area contributed by atoms with Gasteiger partial charge >= 0.3 is 0 Å². The van der Waals surface area contributed by atoms with Gasteiger partial charge in [0.1, 0.15) is 4.83 Å². The molecule has 0 amide bonds. The molecule has 7 aromatic carbocycles. The van der Waals surface area contributed by atoms with Crippen LogP contribution >= 0.6 is 34.0 Å². The molecule has 13 rings (SSSR count). The third-order valence-electron chi connectivity index (χ3n) is 11.3. The summed E-state index contributed by atoms with van der Waals surface area (Å²) in [5.41, 5.74) is 6.49. The van der Waals surface area contributed by atoms with Crippen molar-refractivity contribution in [2.75, 3.05) is 0 Å². The second-order valence-electron chi connectivity index (χ2n) is 14.3. The Labute approximate surface area is 331 Å². The van der Waals surface area contributed by atoms with Crippen LogP contribution < -0.4 is 0 Å². The minimum absolute atomic E-state index is 0.682. The number of benzene rings is 7. The number of nitrogens with zero attached hydrogens (tertiary/aromatic N) is 4. The predicted octanol–water partition coefficient (Wildman–Crippen LogP) is 14.6. The van der Waals surface area contributed by atoms with Gasteiger partial charge in [0.2, 0.25) is 0 Å². The Morgan fingerprint density at radius 2 is 1.11 bits per heavy atom. The first-order chi connectivity index (χ1) is 27.8. The van der Waals surface area contributed by atoms with Crippen LogP contribution in [0, 0.1) is 0 Å². The molecule has 0 saturated heterocycles. The van der Waals surface area contributed by atoms with E-state index in [0.717, 1.165) is 32.7 Å². The number of hydrogen-bond acceptors (Lipinski definition) is 6. The maximum absolute atomic E-state index is 5.50. The molecule has 0 aliphatic carbocycles. The van der Waals surface area contributed by atoms with Crippen molar-refractivity contribution in [3.05, 3.63) is 158 Å². The Balaban J connectivity index is 1.23. The Morgan fingerprint density at radius 1 is 0.464 bits per heavy atom. The van der Waals surface area contributed by atoms with Gasteiger partial charge in [0, 0.05) is 101 Å². The van der Waals surface area contributed by atoms with E-state index in [0.29, 0.717) is 5.82 Å². The van der Waals surface area contributed by atoms with Crippen molar-refractivity contribution in [2.24, 2.45) is 0 Å². The topological polar surface area (TPSA) is 43.6 Å². The van der Waals surface area contributed by atoms with Crippen molar-refractivity contribution in [3.8, 4) is 28.3 Å². The summed E-state index contributed by atoms with van der Waals surface area (Å²) < 4.78 is 8.85. The lowest BCUT2D eigenvalue weighted by molar-refractivity contribution is 1.19. The van der Waals surface area contributed by atoms with Crippen molar-refractivity contribution in [1.29, 1.82) is 0 Å². The maximum Gasteiger partial charge on any atom is 0.162 e. The van der Waals surface area contributed by atoms with Crippen LogP contribution in [0.4, 0.5) is 0 Å². The number of para-hydroxylation sites is 1. The molecule has 56 heavy (non-hydrogen) atoms. The van der Waals surface area contributed by atoms with Crippen LogP contribution in [0.1, 0.15) is 0 Å². The molecular formula is C49H26N4S3. The summed E-state index contributed by atoms with van der Waals surface area (Å²) >= 11 is 5.48. The SMILES string of the molecule is c1cncc(-c2nc(-c3cc(-n4c5ccccc5c5c6sc7ccccc7c6c6ccccc6c54)cc4c3sc3ccccc34)c3c(n2)sc2ccccc23)c1. The van der Waals surface area contributed by atoms with Crippen LogP contribution in [0.5, 0.6) is 0 Å². The molecule has 0 aliphatic heterocycles. The molecule has 6 aromatic heterocycles. The zero-order chi connectivity index (χ0) is 36.5. The zero-order valence-electron chi connectivity index (χ0n) is 29.5. The van der Waals surface area contributed by atoms with Gasteiger partial charge in [-0.15, -0.1) is 34.0 Å². The lowest BCUT2D eigenvalue weighted by atomic mass is 9.99. The first kappa shape index (κ1) is 30.8. The molecular weight excluding hydrogens is 741 g/mol. The average Bonchev–Trinajstić information content (AvgIpc) is 4.02. The first-order valence-electron chi connectivity index (χ1n) is 18.6. The molecule has 7 heteroatoms. The number of hydrogen-bond donors (Lipinski definition) is 0. The van der Waals surface area contributed by atoms with E-state index in [-0.39, 0.29) is 0 Å². The van der Waals surface area contributed by atoms with E-state index in [2.05, 4.69) is 149 Å². The maximum atomic E-state index is 5.50. The third-order valence-corrected chi connectivity index (χ3v) is 14.8. The molecule has 0 spiro atoms. The molecule has 260 valence electrons. The van der Waals surface area contributed by atoms with Gasteiger partial charge in [-0.2, -0.15) is 0 Å². The van der Waals surface area contributed by atoms with Gasteiger partial charge in [0.15, 0.2) is 5.82 Å². The molecule has 4 nitrogen and oxygen atoms in total. The number of fused-ring (bicyclic) bond motifs is 16. The van der Waals surface area contributed by atoms with Crippen molar-refractivity contribution >= 4 is 127 Å². The molecule has 0 radical (unpaired) electrons. The lowest BCUT2D eigenvalue weighted by Crippen LogP contribution is -1.98. The van der Waals surface area contributed by atoms with Crippen molar-refractivity contribution in [2.45, 2.75) is 0 Å². The number of rotatable bonds is 3. The molecule has 0 unspecified atom stereocenters. The molecule has 0 saturated carbocycles. The molecule has 0 bridgehead atoms. The van der Waals surface area contributed by atoms with Gasteiger partial charge in [-0.1, -0.05) is 97.1 Å². The van der Waals surface area contributed by atoms with Gasteiger partial charge in [-0.3, -0.25) is 4.98 Å². The zero-order valence-corrected chi connectivity index (χ0v) is 32.0. The van der Waals surface area contributed by atoms with E-state index in [1.54, 1.807) is 17.5 Å². The van der Waals surface area contributed by atoms with Crippen molar-refractivity contribution < 1.29 is 0 Å². The number of thiophene rings is 3. The summed E-state index contributed by atoms with van der Waals surface area (Å²) in [5.74, 6) is 0.682. The fraction of sp³-hybridized carbons (Fsp3) is 0. The fourth-order valence-electron chi connectivity index (χ4n) is 8.95. The van der Waals surface area contributed by atoms with Gasteiger partial charge in [-0.05, 0) is 53.9 Å². The summed E-state index contributed by atoms with van der Waals surface area (Å²) in [6, 6.07) is 53.1. The van der Waals surface area contributed by atoms with E-state index in [1.807, 2.05) is 34.9 Å². The first-order valence-corrected chi connectivity index (χ1v) is 21.0. The Bertz CT molecular complexity index is 3780. The molecule has 13 aromatic rings. The van der Waals surface area contributed by atoms with Crippen molar-refractivity contribution in [3.63, 3.8) is 0 Å². The predicted molar refractivity (Wildman–Crippen MR) is 241 cm³/mol. The molecule has 0 aliphatic rings. The molecule has 6 heterocycles. The summed E-state index contributed by atoms with van der Waals surface area (Å²) in [6.07, 6.45) is 3.66. The summed E-state index contributed by atoms with van der Waals surface area (Å²) in [7, 11) is 0. The highest BCUT2D eigenvalue weighted by molar-refractivity contribution is 7.27. The average molecular weight is 767 g/mol. The fourth-order valence-corrected chi connectivity index (χ4v) is 12.5. The van der Waals surface area contributed by atoms with Crippen LogP contribution in [-0.4, -0.2) is 19.5 Å². The largest absolute Gasteiger partial charge is 0.309 e. The summed E-state index contributed by atoms with van der Waals surface area (Å²) in [4.78, 5) is 16.1. The highest BCUT2D eigenvalue weighted by Gasteiger charge is 2.25.